The van der Waals surface area contributed by atoms with Crippen molar-refractivity contribution in [3.63, 3.8) is 0 Å². The van der Waals surface area contributed by atoms with Crippen LogP contribution in [0.15, 0.2) is 84.9 Å². The van der Waals surface area contributed by atoms with Crippen LogP contribution in [0, 0.1) is 6.92 Å². The fraction of sp³-hybridized carbons (Fsp3) is 0.610. The van der Waals surface area contributed by atoms with Gasteiger partial charge in [0.2, 0.25) is 17.7 Å². The summed E-state index contributed by atoms with van der Waals surface area (Å²) in [5.74, 6) is 1.37. The van der Waals surface area contributed by atoms with Crippen LogP contribution in [-0.4, -0.2) is 208 Å². The second kappa shape index (κ2) is 28.3. The van der Waals surface area contributed by atoms with Gasteiger partial charge in [0.1, 0.15) is 11.9 Å². The number of hydrogen-bond donors (Lipinski definition) is 0. The Morgan fingerprint density at radius 3 is 1.55 bits per heavy atom. The van der Waals surface area contributed by atoms with Crippen LogP contribution in [0.5, 0.6) is 5.75 Å². The van der Waals surface area contributed by atoms with Gasteiger partial charge in [-0.2, -0.15) is 0 Å². The highest BCUT2D eigenvalue weighted by atomic mass is 16.6. The molecule has 11 aliphatic rings. The van der Waals surface area contributed by atoms with Gasteiger partial charge < -0.3 is 63.0 Å². The van der Waals surface area contributed by atoms with Gasteiger partial charge in [-0.05, 0) is 222 Å². The molecule has 96 heavy (non-hydrogen) atoms. The molecule has 15 rings (SSSR count). The molecule has 10 heterocycles. The van der Waals surface area contributed by atoms with E-state index in [1.807, 2.05) is 74.6 Å². The van der Waals surface area contributed by atoms with E-state index in [1.54, 1.807) is 21.0 Å². The first-order valence-corrected chi connectivity index (χ1v) is 36.3. The third kappa shape index (κ3) is 13.0. The lowest BCUT2D eigenvalue weighted by molar-refractivity contribution is -0.125. The molecule has 2 unspecified atom stereocenters. The summed E-state index contributed by atoms with van der Waals surface area (Å²) in [6.07, 6.45) is 17.3. The van der Waals surface area contributed by atoms with Crippen LogP contribution in [-0.2, 0) is 44.8 Å². The zero-order valence-corrected chi connectivity index (χ0v) is 58.1. The molecule has 19 nitrogen and oxygen atoms in total. The first-order valence-electron chi connectivity index (χ1n) is 36.3. The molecule has 0 radical (unpaired) electrons. The van der Waals surface area contributed by atoms with Crippen LogP contribution in [0.25, 0.3) is 11.1 Å². The Bertz CT molecular complexity index is 3490. The number of benzene rings is 4. The van der Waals surface area contributed by atoms with Crippen molar-refractivity contribution in [1.29, 1.82) is 0 Å². The van der Waals surface area contributed by atoms with E-state index in [0.29, 0.717) is 43.4 Å². The van der Waals surface area contributed by atoms with E-state index in [1.165, 1.54) is 28.7 Å². The minimum atomic E-state index is -0.341. The second-order valence-electron chi connectivity index (χ2n) is 29.5. The summed E-state index contributed by atoms with van der Waals surface area (Å²) in [5.41, 5.74) is 10.3. The highest BCUT2D eigenvalue weighted by Crippen LogP contribution is 2.52. The second-order valence-corrected chi connectivity index (χ2v) is 29.5. The average molecular weight is 1310 g/mol. The van der Waals surface area contributed by atoms with Crippen molar-refractivity contribution in [3.05, 3.63) is 107 Å². The van der Waals surface area contributed by atoms with Gasteiger partial charge in [0.15, 0.2) is 0 Å². The molecule has 1 saturated carbocycles. The summed E-state index contributed by atoms with van der Waals surface area (Å²) < 4.78 is 21.7. The van der Waals surface area contributed by atoms with Crippen LogP contribution in [0.4, 0.5) is 31.4 Å². The van der Waals surface area contributed by atoms with Gasteiger partial charge in [0.05, 0.1) is 25.7 Å². The monoisotopic (exact) mass is 1310 g/mol. The molecule has 3 spiro atoms. The van der Waals surface area contributed by atoms with E-state index in [0.717, 1.165) is 215 Å². The highest BCUT2D eigenvalue weighted by molar-refractivity contribution is 6.08. The molecule has 1 aliphatic carbocycles. The number of aryl methyl sites for hydroxylation is 1. The SMILES string of the molecule is CC(=O)N1CC2(CCN(C3CCN(C(=O)OC4CCC4)CC3)CC2)c2cc(C)ccc21.CCOC(=O)N1C2CCC1CC(N1CCC3(CC1)C(=O)N(C)c1ccccc13)C2.CCOC(=O)N1CCC(N2CCC3(CC2)CN(C(C)=O)c2ccc(-c4ccccc4OC)cc23)CC1. The van der Waals surface area contributed by atoms with Crippen LogP contribution >= 0.6 is 0 Å². The minimum absolute atomic E-state index is 0.0266. The molecule has 2 atom stereocenters. The molecular formula is C77H103N9O10. The maximum atomic E-state index is 13.2. The molecule has 6 amide bonds. The van der Waals surface area contributed by atoms with E-state index in [9.17, 15) is 28.8 Å². The smallest absolute Gasteiger partial charge is 0.410 e. The van der Waals surface area contributed by atoms with Crippen LogP contribution in [0.1, 0.15) is 159 Å². The number of likely N-dealkylation sites (N-methyl/N-ethyl adjacent to an activating group) is 1. The lowest BCUT2D eigenvalue weighted by Gasteiger charge is -2.46. The fourth-order valence-corrected chi connectivity index (χ4v) is 18.7. The summed E-state index contributed by atoms with van der Waals surface area (Å²) >= 11 is 0. The van der Waals surface area contributed by atoms with Crippen LogP contribution < -0.4 is 19.4 Å². The van der Waals surface area contributed by atoms with Crippen molar-refractivity contribution in [3.8, 4) is 16.9 Å². The Balaban J connectivity index is 0.000000131. The van der Waals surface area contributed by atoms with E-state index >= 15 is 0 Å². The number of carbonyl (C=O) groups excluding carboxylic acids is 6. The van der Waals surface area contributed by atoms with Crippen molar-refractivity contribution in [2.24, 2.45) is 0 Å². The van der Waals surface area contributed by atoms with Gasteiger partial charge in [0, 0.05) is 124 Å². The van der Waals surface area contributed by atoms with E-state index < -0.39 is 0 Å². The topological polar surface area (TPSA) is 168 Å². The fourth-order valence-electron chi connectivity index (χ4n) is 18.7. The highest BCUT2D eigenvalue weighted by Gasteiger charge is 2.54. The third-order valence-electron chi connectivity index (χ3n) is 24.4. The lowest BCUT2D eigenvalue weighted by Crippen LogP contribution is -2.56. The maximum absolute atomic E-state index is 13.2. The molecule has 2 bridgehead atoms. The number of fused-ring (bicyclic) bond motifs is 8. The molecule has 516 valence electrons. The van der Waals surface area contributed by atoms with E-state index in [2.05, 4.69) is 82.3 Å². The normalized spacial score (nSPS) is 24.5. The van der Waals surface area contributed by atoms with E-state index in [4.69, 9.17) is 18.9 Å². The van der Waals surface area contributed by atoms with Crippen molar-refractivity contribution >= 4 is 53.1 Å². The third-order valence-corrected chi connectivity index (χ3v) is 24.4. The van der Waals surface area contributed by atoms with Crippen molar-refractivity contribution in [2.75, 3.05) is 121 Å². The van der Waals surface area contributed by atoms with Crippen molar-refractivity contribution in [2.45, 2.75) is 196 Å². The number of methoxy groups -OCH3 is 1. The maximum Gasteiger partial charge on any atom is 0.410 e. The number of likely N-dealkylation sites (tertiary alicyclic amines) is 5. The van der Waals surface area contributed by atoms with Gasteiger partial charge in [-0.25, -0.2) is 14.4 Å². The van der Waals surface area contributed by atoms with Crippen LogP contribution in [0.3, 0.4) is 0 Å². The Morgan fingerprint density at radius 1 is 0.510 bits per heavy atom. The summed E-state index contributed by atoms with van der Waals surface area (Å²) in [7, 11) is 3.61. The predicted molar refractivity (Wildman–Crippen MR) is 372 cm³/mol. The standard InChI is InChI=1S/C29H37N3O4.C25H35N3O3.C23H31N3O3/c1-4-36-28(34)31-15-11-23(12-16-31)30-17-13-29(14-18-30)20-32(21(2)33)26-10-9-22(19-25(26)29)24-7-5-6-8-27(24)35-3;1-18-6-7-23-22(16-18)25(17-28(23)19(2)29)10-14-26(15-11-25)20-8-12-27(13-9-20)24(30)31-21-4-3-5-21;1-3-29-22(28)26-16-8-9-17(26)15-18(14-16)25-12-10-23(11-13-25)19-6-4-5-7-20(19)24(2)21(23)27/h5-10,19,23H,4,11-18,20H2,1-3H3;6-7,16,20-21H,3-5,8-15,17H2,1-2H3;4-7,16-18H,3,8-15H2,1-2H3. The lowest BCUT2D eigenvalue weighted by atomic mass is 9.73. The Labute approximate surface area is 568 Å². The summed E-state index contributed by atoms with van der Waals surface area (Å²) in [5, 5.41) is 0. The zero-order chi connectivity index (χ0) is 67.0. The number of piperidine rings is 6. The molecule has 7 saturated heterocycles. The number of anilines is 3. The number of hydrogen-bond acceptors (Lipinski definition) is 13. The van der Waals surface area contributed by atoms with Gasteiger partial charge in [-0.3, -0.25) is 14.4 Å². The van der Waals surface area contributed by atoms with Crippen LogP contribution in [0.2, 0.25) is 0 Å². The average Bonchev–Trinajstić information content (AvgIpc) is 1.58. The van der Waals surface area contributed by atoms with Gasteiger partial charge in [0.25, 0.3) is 0 Å². The first kappa shape index (κ1) is 67.4. The molecule has 0 N–H and O–H groups in total. The number of para-hydroxylation sites is 2. The first-order chi connectivity index (χ1) is 46.4. The summed E-state index contributed by atoms with van der Waals surface area (Å²) in [6, 6.07) is 31.7. The number of ether oxygens (including phenoxy) is 4. The molecule has 8 fully saturated rings. The molecule has 4 aromatic rings. The van der Waals surface area contributed by atoms with Gasteiger partial charge >= 0.3 is 18.3 Å². The predicted octanol–water partition coefficient (Wildman–Crippen LogP) is 11.7. The molecular weight excluding hydrogens is 1210 g/mol. The molecule has 19 heteroatoms. The zero-order valence-electron chi connectivity index (χ0n) is 58.1. The van der Waals surface area contributed by atoms with Gasteiger partial charge in [-0.15, -0.1) is 0 Å². The summed E-state index contributed by atoms with van der Waals surface area (Å²) in [6.45, 7) is 20.8. The number of carbonyl (C=O) groups is 6. The largest absolute Gasteiger partial charge is 0.496 e. The Morgan fingerprint density at radius 2 is 1.01 bits per heavy atom. The van der Waals surface area contributed by atoms with Crippen molar-refractivity contribution < 1.29 is 47.7 Å². The quantitative estimate of drug-likeness (QED) is 0.153. The molecule has 0 aromatic heterocycles. The minimum Gasteiger partial charge on any atom is -0.496 e. The number of nitrogens with zero attached hydrogens (tertiary/aromatic N) is 9. The number of amides is 6. The molecule has 4 aromatic carbocycles. The van der Waals surface area contributed by atoms with E-state index in [-0.39, 0.29) is 58.4 Å². The van der Waals surface area contributed by atoms with Crippen molar-refractivity contribution in [1.82, 2.24) is 29.4 Å². The Hall–Kier alpha value is -7.22. The summed E-state index contributed by atoms with van der Waals surface area (Å²) in [4.78, 5) is 94.2. The number of rotatable bonds is 8. The van der Waals surface area contributed by atoms with Gasteiger partial charge in [-0.1, -0.05) is 60.2 Å². The Kier molecular flexibility index (Phi) is 19.9. The molecule has 10 aliphatic heterocycles.